The second kappa shape index (κ2) is 8.54. The summed E-state index contributed by atoms with van der Waals surface area (Å²) in [6.07, 6.45) is 8.31. The molecule has 1 aliphatic heterocycles. The number of hydrogen-bond donors (Lipinski definition) is 1. The smallest absolute Gasteiger partial charge is 0.228 e. The summed E-state index contributed by atoms with van der Waals surface area (Å²) in [4.78, 5) is 36.5. The predicted molar refractivity (Wildman–Crippen MR) is 115 cm³/mol. The lowest BCUT2D eigenvalue weighted by Gasteiger charge is -2.42. The summed E-state index contributed by atoms with van der Waals surface area (Å²) < 4.78 is 0. The summed E-state index contributed by atoms with van der Waals surface area (Å²) in [7, 11) is 0. The second-order valence-electron chi connectivity index (χ2n) is 8.78. The summed E-state index contributed by atoms with van der Waals surface area (Å²) in [6, 6.07) is 8.13. The third-order valence-electron chi connectivity index (χ3n) is 6.55. The van der Waals surface area contributed by atoms with Crippen molar-refractivity contribution >= 4 is 11.8 Å². The fraction of sp³-hybridized carbons (Fsp3) is 0.500. The number of benzene rings is 1. The topological polar surface area (TPSA) is 75.2 Å². The fourth-order valence-corrected chi connectivity index (χ4v) is 4.74. The Morgan fingerprint density at radius 1 is 1.23 bits per heavy atom. The number of nitrogens with zero attached hydrogens (tertiary/aromatic N) is 3. The molecular weight excluding hydrogens is 376 g/mol. The molecule has 1 aliphatic carbocycles. The van der Waals surface area contributed by atoms with Crippen LogP contribution in [0.5, 0.6) is 0 Å². The molecule has 1 aromatic carbocycles. The molecule has 6 nitrogen and oxygen atoms in total. The van der Waals surface area contributed by atoms with Crippen LogP contribution in [0.4, 0.5) is 0 Å². The number of piperidine rings is 1. The number of likely N-dealkylation sites (tertiary alicyclic amines) is 1. The number of hydrogen-bond acceptors (Lipinski definition) is 4. The number of carbonyl (C=O) groups is 2. The molecule has 2 amide bonds. The van der Waals surface area contributed by atoms with E-state index in [2.05, 4.69) is 34.3 Å². The lowest BCUT2D eigenvalue weighted by atomic mass is 9.73. The minimum absolute atomic E-state index is 0.0467. The lowest BCUT2D eigenvalue weighted by molar-refractivity contribution is -0.142. The number of rotatable bonds is 6. The molecule has 0 spiro atoms. The van der Waals surface area contributed by atoms with E-state index in [1.165, 1.54) is 6.33 Å². The van der Waals surface area contributed by atoms with Crippen LogP contribution in [0.25, 0.3) is 11.1 Å². The van der Waals surface area contributed by atoms with Crippen LogP contribution >= 0.6 is 0 Å². The molecule has 158 valence electrons. The maximum Gasteiger partial charge on any atom is 0.228 e. The Bertz CT molecular complexity index is 916. The van der Waals surface area contributed by atoms with Gasteiger partial charge < -0.3 is 10.2 Å². The number of amides is 2. The normalized spacial score (nSPS) is 25.6. The van der Waals surface area contributed by atoms with Crippen molar-refractivity contribution in [1.29, 1.82) is 0 Å². The third kappa shape index (κ3) is 4.09. The van der Waals surface area contributed by atoms with Gasteiger partial charge in [-0.25, -0.2) is 9.97 Å². The van der Waals surface area contributed by atoms with Gasteiger partial charge in [-0.3, -0.25) is 9.59 Å². The first kappa shape index (κ1) is 20.5. The quantitative estimate of drug-likeness (QED) is 0.800. The molecule has 30 heavy (non-hydrogen) atoms. The average Bonchev–Trinajstić information content (AvgIpc) is 3.51. The highest BCUT2D eigenvalue weighted by Crippen LogP contribution is 2.42. The first-order chi connectivity index (χ1) is 14.5. The van der Waals surface area contributed by atoms with Crippen LogP contribution in [-0.2, 0) is 16.0 Å². The zero-order valence-electron chi connectivity index (χ0n) is 17.8. The zero-order chi connectivity index (χ0) is 21.1. The molecule has 4 rings (SSSR count). The Morgan fingerprint density at radius 2 is 1.97 bits per heavy atom. The number of aromatic nitrogens is 2. The first-order valence-corrected chi connectivity index (χ1v) is 10.9. The van der Waals surface area contributed by atoms with Crippen LogP contribution in [0, 0.1) is 17.3 Å². The van der Waals surface area contributed by atoms with Crippen molar-refractivity contribution in [1.82, 2.24) is 20.2 Å². The first-order valence-electron chi connectivity index (χ1n) is 10.9. The molecule has 1 saturated carbocycles. The molecular formula is C24H30N4O2. The Hall–Kier alpha value is -2.76. The van der Waals surface area contributed by atoms with Gasteiger partial charge in [-0.1, -0.05) is 31.2 Å². The highest BCUT2D eigenvalue weighted by atomic mass is 16.2. The van der Waals surface area contributed by atoms with Gasteiger partial charge in [-0.2, -0.15) is 0 Å². The Morgan fingerprint density at radius 3 is 2.67 bits per heavy atom. The van der Waals surface area contributed by atoms with Crippen LogP contribution < -0.4 is 5.32 Å². The lowest BCUT2D eigenvalue weighted by Crippen LogP contribution is -2.54. The van der Waals surface area contributed by atoms with Crippen molar-refractivity contribution in [3.63, 3.8) is 0 Å². The van der Waals surface area contributed by atoms with Crippen LogP contribution in [-0.4, -0.2) is 46.3 Å². The monoisotopic (exact) mass is 406 g/mol. The zero-order valence-corrected chi connectivity index (χ0v) is 17.8. The van der Waals surface area contributed by atoms with Gasteiger partial charge in [0, 0.05) is 43.5 Å². The average molecular weight is 407 g/mol. The van der Waals surface area contributed by atoms with Crippen LogP contribution in [0.1, 0.15) is 38.7 Å². The van der Waals surface area contributed by atoms with E-state index >= 15 is 0 Å². The molecule has 0 bridgehead atoms. The molecule has 6 heteroatoms. The van der Waals surface area contributed by atoms with E-state index in [1.54, 1.807) is 12.4 Å². The largest absolute Gasteiger partial charge is 0.356 e. The van der Waals surface area contributed by atoms with Crippen LogP contribution in [0.3, 0.4) is 0 Å². The van der Waals surface area contributed by atoms with Crippen LogP contribution in [0.15, 0.2) is 43.0 Å². The van der Waals surface area contributed by atoms with Gasteiger partial charge in [-0.15, -0.1) is 0 Å². The van der Waals surface area contributed by atoms with Crippen LogP contribution in [0.2, 0.25) is 0 Å². The molecule has 0 radical (unpaired) electrons. The number of carbonyl (C=O) groups excluding carboxylic acids is 2. The van der Waals surface area contributed by atoms with Gasteiger partial charge >= 0.3 is 0 Å². The van der Waals surface area contributed by atoms with Gasteiger partial charge in [0.15, 0.2) is 0 Å². The molecule has 2 heterocycles. The van der Waals surface area contributed by atoms with E-state index in [9.17, 15) is 9.59 Å². The standard InChI is InChI=1S/C24H30N4O2/c1-3-27-23(30)24(9-6-10-28(15-24)22(29)21-11-17(21)2)12-18-7-4-5-8-20(18)19-13-25-16-26-14-19/h4-5,7-8,13-14,16-17,21H,3,6,9-12,15H2,1-2H3,(H,27,30)/t17-,21-,24-/m0/s1. The molecule has 0 unspecified atom stereocenters. The summed E-state index contributed by atoms with van der Waals surface area (Å²) in [6.45, 7) is 5.89. The van der Waals surface area contributed by atoms with Crippen molar-refractivity contribution < 1.29 is 9.59 Å². The van der Waals surface area contributed by atoms with E-state index in [0.29, 0.717) is 25.4 Å². The van der Waals surface area contributed by atoms with E-state index < -0.39 is 5.41 Å². The van der Waals surface area contributed by atoms with Crippen molar-refractivity contribution in [2.24, 2.45) is 17.3 Å². The van der Waals surface area contributed by atoms with Crippen molar-refractivity contribution in [3.8, 4) is 11.1 Å². The maximum atomic E-state index is 13.3. The van der Waals surface area contributed by atoms with Gasteiger partial charge in [-0.05, 0) is 49.7 Å². The summed E-state index contributed by atoms with van der Waals surface area (Å²) in [5.74, 6) is 0.881. The van der Waals surface area contributed by atoms with E-state index in [-0.39, 0.29) is 17.7 Å². The van der Waals surface area contributed by atoms with E-state index in [0.717, 1.165) is 42.5 Å². The molecule has 2 aliphatic rings. The van der Waals surface area contributed by atoms with Gasteiger partial charge in [0.25, 0.3) is 0 Å². The Balaban J connectivity index is 1.65. The van der Waals surface area contributed by atoms with Crippen molar-refractivity contribution in [3.05, 3.63) is 48.5 Å². The molecule has 1 N–H and O–H groups in total. The van der Waals surface area contributed by atoms with E-state index in [1.807, 2.05) is 24.0 Å². The molecule has 1 aromatic heterocycles. The second-order valence-corrected chi connectivity index (χ2v) is 8.78. The highest BCUT2D eigenvalue weighted by Gasteiger charge is 2.47. The molecule has 3 atom stereocenters. The fourth-order valence-electron chi connectivity index (χ4n) is 4.74. The molecule has 1 saturated heterocycles. The van der Waals surface area contributed by atoms with Gasteiger partial charge in [0.1, 0.15) is 6.33 Å². The summed E-state index contributed by atoms with van der Waals surface area (Å²) >= 11 is 0. The minimum atomic E-state index is -0.617. The SMILES string of the molecule is CCNC(=O)[C@]1(Cc2ccccc2-c2cncnc2)CCCN(C(=O)[C@H]2C[C@@H]2C)C1. The summed E-state index contributed by atoms with van der Waals surface area (Å²) in [5, 5.41) is 3.05. The number of nitrogens with one attached hydrogen (secondary N) is 1. The highest BCUT2D eigenvalue weighted by molar-refractivity contribution is 5.86. The van der Waals surface area contributed by atoms with Crippen molar-refractivity contribution in [2.45, 2.75) is 39.5 Å². The summed E-state index contributed by atoms with van der Waals surface area (Å²) in [5.41, 5.74) is 2.46. The predicted octanol–water partition coefficient (Wildman–Crippen LogP) is 3.09. The Kier molecular flexibility index (Phi) is 5.84. The Labute approximate surface area is 178 Å². The molecule has 2 fully saturated rings. The third-order valence-corrected chi connectivity index (χ3v) is 6.55. The van der Waals surface area contributed by atoms with E-state index in [4.69, 9.17) is 0 Å². The minimum Gasteiger partial charge on any atom is -0.356 e. The maximum absolute atomic E-state index is 13.3. The van der Waals surface area contributed by atoms with Gasteiger partial charge in [0.2, 0.25) is 11.8 Å². The van der Waals surface area contributed by atoms with Crippen molar-refractivity contribution in [2.75, 3.05) is 19.6 Å². The van der Waals surface area contributed by atoms with Gasteiger partial charge in [0.05, 0.1) is 5.41 Å². The molecule has 2 aromatic rings.